The highest BCUT2D eigenvalue weighted by atomic mass is 16.6. The molecular formula is C38H38N2O8. The standard InChI is InChI=1S/C38H38N2O8/c41-35(45-27-33(23-29-13-5-1-6-14-29)39-37(43)47-25-31-17-9-3-10-18-31)21-22-36(42)46-28-34(24-30-15-7-2-8-16-30)40-38(44)48-26-32-19-11-4-12-20-32/h1-22,33-34H,23-28H2,(H,39,43)(H,40,44)/b22-21+/t33-,34-/m1/s1. The summed E-state index contributed by atoms with van der Waals surface area (Å²) in [7, 11) is 0. The molecule has 0 heterocycles. The first-order valence-corrected chi connectivity index (χ1v) is 15.5. The molecule has 4 aromatic rings. The second-order valence-corrected chi connectivity index (χ2v) is 10.8. The number of hydrogen-bond acceptors (Lipinski definition) is 8. The third kappa shape index (κ3) is 13.6. The van der Waals surface area contributed by atoms with Gasteiger partial charge >= 0.3 is 24.1 Å². The van der Waals surface area contributed by atoms with Crippen LogP contribution in [0.1, 0.15) is 22.3 Å². The summed E-state index contributed by atoms with van der Waals surface area (Å²) in [6, 6.07) is 36.1. The van der Waals surface area contributed by atoms with Gasteiger partial charge in [-0.05, 0) is 35.1 Å². The van der Waals surface area contributed by atoms with Gasteiger partial charge in [0.2, 0.25) is 0 Å². The lowest BCUT2D eigenvalue weighted by Crippen LogP contribution is -2.40. The molecule has 4 aromatic carbocycles. The van der Waals surface area contributed by atoms with Crippen molar-refractivity contribution in [2.75, 3.05) is 13.2 Å². The second kappa shape index (κ2) is 19.6. The third-order valence-corrected chi connectivity index (χ3v) is 6.93. The maximum absolute atomic E-state index is 12.5. The van der Waals surface area contributed by atoms with E-state index < -0.39 is 36.2 Å². The van der Waals surface area contributed by atoms with Crippen molar-refractivity contribution in [3.63, 3.8) is 0 Å². The van der Waals surface area contributed by atoms with Gasteiger partial charge in [0.25, 0.3) is 0 Å². The molecule has 0 bridgehead atoms. The van der Waals surface area contributed by atoms with E-state index in [9.17, 15) is 19.2 Å². The summed E-state index contributed by atoms with van der Waals surface area (Å²) in [6.45, 7) is -0.151. The lowest BCUT2D eigenvalue weighted by atomic mass is 10.1. The molecule has 0 saturated heterocycles. The molecule has 2 atom stereocenters. The molecule has 0 radical (unpaired) electrons. The number of amides is 2. The number of hydrogen-bond donors (Lipinski definition) is 2. The van der Waals surface area contributed by atoms with Gasteiger partial charge < -0.3 is 29.6 Å². The molecular weight excluding hydrogens is 612 g/mol. The van der Waals surface area contributed by atoms with Crippen LogP contribution in [0.15, 0.2) is 133 Å². The minimum Gasteiger partial charge on any atom is -0.460 e. The molecule has 0 saturated carbocycles. The van der Waals surface area contributed by atoms with Crippen LogP contribution in [0.4, 0.5) is 9.59 Å². The highest BCUT2D eigenvalue weighted by Gasteiger charge is 2.18. The van der Waals surface area contributed by atoms with Gasteiger partial charge in [-0.15, -0.1) is 0 Å². The Hall–Kier alpha value is -5.90. The molecule has 10 nitrogen and oxygen atoms in total. The van der Waals surface area contributed by atoms with Gasteiger partial charge in [-0.3, -0.25) is 0 Å². The van der Waals surface area contributed by atoms with E-state index in [0.29, 0.717) is 12.8 Å². The van der Waals surface area contributed by atoms with Crippen molar-refractivity contribution in [3.8, 4) is 0 Å². The van der Waals surface area contributed by atoms with Crippen LogP contribution < -0.4 is 10.6 Å². The monoisotopic (exact) mass is 650 g/mol. The summed E-state index contributed by atoms with van der Waals surface area (Å²) in [5.41, 5.74) is 3.51. The van der Waals surface area contributed by atoms with Crippen LogP contribution in [-0.2, 0) is 54.6 Å². The van der Waals surface area contributed by atoms with Crippen LogP contribution in [0.25, 0.3) is 0 Å². The van der Waals surface area contributed by atoms with Crippen molar-refractivity contribution in [3.05, 3.63) is 156 Å². The SMILES string of the molecule is O=C(/C=C/C(=O)OC[C@@H](Cc1ccccc1)NC(=O)OCc1ccccc1)OC[C@@H](Cc1ccccc1)NC(=O)OCc1ccccc1. The molecule has 4 rings (SSSR count). The number of nitrogens with one attached hydrogen (secondary N) is 2. The summed E-state index contributed by atoms with van der Waals surface area (Å²) < 4.78 is 21.3. The smallest absolute Gasteiger partial charge is 0.407 e. The second-order valence-electron chi connectivity index (χ2n) is 10.8. The number of esters is 2. The summed E-state index contributed by atoms with van der Waals surface area (Å²) in [5.74, 6) is -1.60. The molecule has 0 aliphatic heterocycles. The van der Waals surface area contributed by atoms with Gasteiger partial charge in [-0.25, -0.2) is 19.2 Å². The van der Waals surface area contributed by atoms with E-state index in [-0.39, 0.29) is 26.4 Å². The quantitative estimate of drug-likeness (QED) is 0.0898. The van der Waals surface area contributed by atoms with Crippen molar-refractivity contribution >= 4 is 24.1 Å². The Morgan fingerprint density at radius 2 is 0.771 bits per heavy atom. The molecule has 48 heavy (non-hydrogen) atoms. The van der Waals surface area contributed by atoms with E-state index in [0.717, 1.165) is 34.4 Å². The van der Waals surface area contributed by atoms with Crippen LogP contribution in [0.3, 0.4) is 0 Å². The minimum absolute atomic E-state index is 0.0893. The Morgan fingerprint density at radius 3 is 1.10 bits per heavy atom. The van der Waals surface area contributed by atoms with Gasteiger partial charge in [-0.1, -0.05) is 121 Å². The van der Waals surface area contributed by atoms with Crippen molar-refractivity contribution in [2.24, 2.45) is 0 Å². The Balaban J connectivity index is 1.26. The fourth-order valence-corrected chi connectivity index (χ4v) is 4.56. The molecule has 0 aliphatic rings. The van der Waals surface area contributed by atoms with Gasteiger partial charge in [-0.2, -0.15) is 0 Å². The molecule has 2 N–H and O–H groups in total. The fraction of sp³-hybridized carbons (Fsp3) is 0.211. The van der Waals surface area contributed by atoms with Gasteiger partial charge in [0, 0.05) is 12.2 Å². The number of carbonyl (C=O) groups is 4. The maximum atomic E-state index is 12.5. The zero-order valence-electron chi connectivity index (χ0n) is 26.4. The zero-order valence-corrected chi connectivity index (χ0v) is 26.4. The summed E-state index contributed by atoms with van der Waals surface area (Å²) in [5, 5.41) is 5.49. The van der Waals surface area contributed by atoms with Gasteiger partial charge in [0.05, 0.1) is 12.1 Å². The molecule has 10 heteroatoms. The molecule has 0 spiro atoms. The first-order valence-electron chi connectivity index (χ1n) is 15.5. The third-order valence-electron chi connectivity index (χ3n) is 6.93. The number of alkyl carbamates (subject to hydrolysis) is 2. The Labute approximate surface area is 279 Å². The lowest BCUT2D eigenvalue weighted by Gasteiger charge is -2.19. The molecule has 248 valence electrons. The maximum Gasteiger partial charge on any atom is 0.407 e. The largest absolute Gasteiger partial charge is 0.460 e. The predicted molar refractivity (Wildman–Crippen MR) is 178 cm³/mol. The number of benzene rings is 4. The van der Waals surface area contributed by atoms with Crippen LogP contribution in [0, 0.1) is 0 Å². The zero-order chi connectivity index (χ0) is 33.8. The van der Waals surface area contributed by atoms with E-state index in [1.807, 2.05) is 121 Å². The number of rotatable bonds is 16. The molecule has 0 unspecified atom stereocenters. The van der Waals surface area contributed by atoms with E-state index in [1.54, 1.807) is 0 Å². The van der Waals surface area contributed by atoms with Crippen LogP contribution in [-0.4, -0.2) is 49.4 Å². The van der Waals surface area contributed by atoms with Crippen LogP contribution in [0.5, 0.6) is 0 Å². The Morgan fingerprint density at radius 1 is 0.458 bits per heavy atom. The van der Waals surface area contributed by atoms with Crippen molar-refractivity contribution in [1.29, 1.82) is 0 Å². The summed E-state index contributed by atoms with van der Waals surface area (Å²) in [6.07, 6.45) is 1.34. The summed E-state index contributed by atoms with van der Waals surface area (Å²) >= 11 is 0. The Kier molecular flexibility index (Phi) is 14.3. The topological polar surface area (TPSA) is 129 Å². The van der Waals surface area contributed by atoms with Gasteiger partial charge in [0.1, 0.15) is 26.4 Å². The number of carbonyl (C=O) groups excluding carboxylic acids is 4. The highest BCUT2D eigenvalue weighted by molar-refractivity contribution is 5.91. The van der Waals surface area contributed by atoms with Crippen molar-refractivity contribution in [1.82, 2.24) is 10.6 Å². The van der Waals surface area contributed by atoms with Crippen LogP contribution >= 0.6 is 0 Å². The van der Waals surface area contributed by atoms with E-state index in [1.165, 1.54) is 0 Å². The van der Waals surface area contributed by atoms with E-state index >= 15 is 0 Å². The van der Waals surface area contributed by atoms with E-state index in [2.05, 4.69) is 10.6 Å². The molecule has 0 fully saturated rings. The fourth-order valence-electron chi connectivity index (χ4n) is 4.56. The Bertz CT molecular complexity index is 1480. The molecule has 0 aliphatic carbocycles. The first-order chi connectivity index (χ1) is 23.4. The lowest BCUT2D eigenvalue weighted by molar-refractivity contribution is -0.141. The van der Waals surface area contributed by atoms with E-state index in [4.69, 9.17) is 18.9 Å². The minimum atomic E-state index is -0.798. The predicted octanol–water partition coefficient (Wildman–Crippen LogP) is 5.70. The molecule has 0 aromatic heterocycles. The summed E-state index contributed by atoms with van der Waals surface area (Å²) in [4.78, 5) is 50.0. The average molecular weight is 651 g/mol. The molecule has 2 amide bonds. The normalized spacial score (nSPS) is 11.9. The van der Waals surface area contributed by atoms with Crippen molar-refractivity contribution in [2.45, 2.75) is 38.1 Å². The number of ether oxygens (including phenoxy) is 4. The van der Waals surface area contributed by atoms with Crippen molar-refractivity contribution < 1.29 is 38.1 Å². The first kappa shape index (κ1) is 35.0. The van der Waals surface area contributed by atoms with Crippen LogP contribution in [0.2, 0.25) is 0 Å². The van der Waals surface area contributed by atoms with Gasteiger partial charge in [0.15, 0.2) is 0 Å². The average Bonchev–Trinajstić information content (AvgIpc) is 3.12. The highest BCUT2D eigenvalue weighted by Crippen LogP contribution is 2.08.